The zero-order valence-electron chi connectivity index (χ0n) is 16.8. The highest BCUT2D eigenvalue weighted by Gasteiger charge is 2.15. The van der Waals surface area contributed by atoms with Crippen LogP contribution in [-0.4, -0.2) is 28.4 Å². The van der Waals surface area contributed by atoms with Crippen molar-refractivity contribution in [3.8, 4) is 11.8 Å². The van der Waals surface area contributed by atoms with Crippen LogP contribution in [0.5, 0.6) is 0 Å². The minimum atomic E-state index is -3.80. The van der Waals surface area contributed by atoms with Gasteiger partial charge in [0.2, 0.25) is 5.95 Å². The second kappa shape index (κ2) is 8.38. The van der Waals surface area contributed by atoms with Gasteiger partial charge in [0.05, 0.1) is 4.90 Å². The van der Waals surface area contributed by atoms with E-state index in [-0.39, 0.29) is 10.8 Å². The predicted molar refractivity (Wildman–Crippen MR) is 119 cm³/mol. The Kier molecular flexibility index (Phi) is 5.47. The Bertz CT molecular complexity index is 1420. The summed E-state index contributed by atoms with van der Waals surface area (Å²) >= 11 is 0. The molecular weight excluding hydrogens is 412 g/mol. The number of sulfonamides is 1. The van der Waals surface area contributed by atoms with Crippen molar-refractivity contribution < 1.29 is 8.42 Å². The van der Waals surface area contributed by atoms with Crippen LogP contribution in [0.4, 0.5) is 17.5 Å². The van der Waals surface area contributed by atoms with Gasteiger partial charge in [-0.1, -0.05) is 5.92 Å². The molecule has 0 unspecified atom stereocenters. The van der Waals surface area contributed by atoms with Crippen molar-refractivity contribution in [2.75, 3.05) is 10.0 Å². The van der Waals surface area contributed by atoms with E-state index >= 15 is 0 Å². The van der Waals surface area contributed by atoms with Crippen LogP contribution in [0.1, 0.15) is 18.3 Å². The summed E-state index contributed by atoms with van der Waals surface area (Å²) in [6.45, 7) is 3.52. The fraction of sp³-hybridized carbons (Fsp3) is 0.0909. The smallest absolute Gasteiger partial charge is 0.264 e. The second-order valence-electron chi connectivity index (χ2n) is 6.60. The van der Waals surface area contributed by atoms with Gasteiger partial charge in [-0.15, -0.1) is 0 Å². The third-order valence-corrected chi connectivity index (χ3v) is 5.69. The normalized spacial score (nSPS) is 10.9. The van der Waals surface area contributed by atoms with Gasteiger partial charge in [0.25, 0.3) is 10.0 Å². The minimum Gasteiger partial charge on any atom is -0.340 e. The molecule has 31 heavy (non-hydrogen) atoms. The van der Waals surface area contributed by atoms with Crippen LogP contribution in [0.3, 0.4) is 0 Å². The third-order valence-electron chi connectivity index (χ3n) is 4.35. The zero-order chi connectivity index (χ0) is 21.8. The molecule has 9 heteroatoms. The van der Waals surface area contributed by atoms with Crippen LogP contribution in [0.2, 0.25) is 0 Å². The molecular formula is C22H18N6O2S. The largest absolute Gasteiger partial charge is 0.340 e. The van der Waals surface area contributed by atoms with Gasteiger partial charge in [0.15, 0.2) is 0 Å². The summed E-state index contributed by atoms with van der Waals surface area (Å²) < 4.78 is 27.5. The van der Waals surface area contributed by atoms with E-state index in [0.717, 1.165) is 10.8 Å². The lowest BCUT2D eigenvalue weighted by molar-refractivity contribution is 0.601. The molecule has 8 nitrogen and oxygen atoms in total. The molecule has 4 aromatic rings. The Hall–Kier alpha value is -4.03. The number of benzene rings is 1. The molecule has 0 saturated carbocycles. The van der Waals surface area contributed by atoms with Crippen molar-refractivity contribution in [3.05, 3.63) is 72.4 Å². The van der Waals surface area contributed by atoms with Gasteiger partial charge in [-0.05, 0) is 62.2 Å². The van der Waals surface area contributed by atoms with E-state index in [2.05, 4.69) is 41.8 Å². The molecule has 4 rings (SSSR count). The molecule has 3 aromatic heterocycles. The van der Waals surface area contributed by atoms with Gasteiger partial charge in [0, 0.05) is 40.7 Å². The average molecular weight is 430 g/mol. The molecule has 0 spiro atoms. The van der Waals surface area contributed by atoms with E-state index in [0.29, 0.717) is 22.9 Å². The number of nitrogens with one attached hydrogen (secondary N) is 2. The zero-order valence-corrected chi connectivity index (χ0v) is 17.6. The van der Waals surface area contributed by atoms with Crippen molar-refractivity contribution in [2.45, 2.75) is 18.7 Å². The first kappa shape index (κ1) is 20.3. The Morgan fingerprint density at radius 3 is 2.48 bits per heavy atom. The standard InChI is InChI=1S/C22H18N6O2S/c1-3-4-20-19-13-21(25-14-16(19)10-12-23-20)27-17-5-7-18(8-6-17)31(29,30)28-22-24-11-9-15(2)26-22/h5-14H,1-2H3,(H,25,27)(H,24,26,28). The summed E-state index contributed by atoms with van der Waals surface area (Å²) in [4.78, 5) is 16.8. The van der Waals surface area contributed by atoms with Crippen LogP contribution < -0.4 is 10.0 Å². The fourth-order valence-corrected chi connectivity index (χ4v) is 3.85. The summed E-state index contributed by atoms with van der Waals surface area (Å²) in [5.41, 5.74) is 2.03. The lowest BCUT2D eigenvalue weighted by atomic mass is 10.1. The number of aromatic nitrogens is 4. The van der Waals surface area contributed by atoms with Crippen molar-refractivity contribution >= 4 is 38.2 Å². The molecule has 0 fully saturated rings. The number of hydrogen-bond acceptors (Lipinski definition) is 7. The highest BCUT2D eigenvalue weighted by molar-refractivity contribution is 7.92. The summed E-state index contributed by atoms with van der Waals surface area (Å²) in [5, 5.41) is 4.99. The number of aryl methyl sites for hydroxylation is 1. The van der Waals surface area contributed by atoms with Crippen LogP contribution >= 0.6 is 0 Å². The van der Waals surface area contributed by atoms with Gasteiger partial charge in [-0.2, -0.15) is 0 Å². The van der Waals surface area contributed by atoms with Crippen molar-refractivity contribution in [1.29, 1.82) is 0 Å². The number of fused-ring (bicyclic) bond motifs is 1. The van der Waals surface area contributed by atoms with Gasteiger partial charge < -0.3 is 5.32 Å². The predicted octanol–water partition coefficient (Wildman–Crippen LogP) is 3.64. The van der Waals surface area contributed by atoms with Crippen LogP contribution in [-0.2, 0) is 10.0 Å². The number of rotatable bonds is 5. The number of hydrogen-bond donors (Lipinski definition) is 2. The fourth-order valence-electron chi connectivity index (χ4n) is 2.89. The summed E-state index contributed by atoms with van der Waals surface area (Å²) in [7, 11) is -3.80. The molecule has 1 aromatic carbocycles. The van der Waals surface area contributed by atoms with E-state index < -0.39 is 10.0 Å². The maximum Gasteiger partial charge on any atom is 0.264 e. The number of pyridine rings is 2. The second-order valence-corrected chi connectivity index (χ2v) is 8.28. The topological polar surface area (TPSA) is 110 Å². The maximum absolute atomic E-state index is 12.6. The molecule has 154 valence electrons. The Morgan fingerprint density at radius 2 is 1.74 bits per heavy atom. The monoisotopic (exact) mass is 430 g/mol. The molecule has 2 N–H and O–H groups in total. The first-order valence-corrected chi connectivity index (χ1v) is 10.8. The SMILES string of the molecule is CC#Cc1nccc2cnc(Nc3ccc(S(=O)(=O)Nc4nccc(C)n4)cc3)cc12. The van der Waals surface area contributed by atoms with Crippen LogP contribution in [0.25, 0.3) is 10.8 Å². The van der Waals surface area contributed by atoms with E-state index in [1.807, 2.05) is 12.1 Å². The molecule has 0 atom stereocenters. The van der Waals surface area contributed by atoms with E-state index in [9.17, 15) is 8.42 Å². The Labute approximate surface area is 179 Å². The first-order valence-electron chi connectivity index (χ1n) is 9.32. The molecule has 0 bridgehead atoms. The van der Waals surface area contributed by atoms with E-state index in [4.69, 9.17) is 0 Å². The minimum absolute atomic E-state index is 0.0298. The van der Waals surface area contributed by atoms with Gasteiger partial charge in [0.1, 0.15) is 11.5 Å². The Balaban J connectivity index is 1.56. The summed E-state index contributed by atoms with van der Waals surface area (Å²) in [6.07, 6.45) is 4.94. The van der Waals surface area contributed by atoms with Gasteiger partial charge in [-0.25, -0.2) is 33.1 Å². The molecule has 0 amide bonds. The molecule has 0 radical (unpaired) electrons. The number of anilines is 3. The van der Waals surface area contributed by atoms with Crippen LogP contribution in [0, 0.1) is 18.8 Å². The summed E-state index contributed by atoms with van der Waals surface area (Å²) in [5.74, 6) is 6.48. The lowest BCUT2D eigenvalue weighted by Crippen LogP contribution is -2.15. The highest BCUT2D eigenvalue weighted by atomic mass is 32.2. The van der Waals surface area contributed by atoms with Crippen LogP contribution in [0.15, 0.2) is 66.0 Å². The maximum atomic E-state index is 12.6. The van der Waals surface area contributed by atoms with E-state index in [1.54, 1.807) is 44.4 Å². The summed E-state index contributed by atoms with van der Waals surface area (Å²) in [6, 6.07) is 11.7. The van der Waals surface area contributed by atoms with Crippen molar-refractivity contribution in [3.63, 3.8) is 0 Å². The molecule has 3 heterocycles. The molecule has 0 aliphatic carbocycles. The highest BCUT2D eigenvalue weighted by Crippen LogP contribution is 2.23. The lowest BCUT2D eigenvalue weighted by Gasteiger charge is -2.10. The molecule has 0 aliphatic heterocycles. The first-order chi connectivity index (χ1) is 14.9. The Morgan fingerprint density at radius 1 is 0.968 bits per heavy atom. The average Bonchev–Trinajstić information content (AvgIpc) is 2.74. The molecule has 0 saturated heterocycles. The van der Waals surface area contributed by atoms with Crippen molar-refractivity contribution in [1.82, 2.24) is 19.9 Å². The third kappa shape index (κ3) is 4.60. The van der Waals surface area contributed by atoms with Gasteiger partial charge >= 0.3 is 0 Å². The van der Waals surface area contributed by atoms with Gasteiger partial charge in [-0.3, -0.25) is 0 Å². The van der Waals surface area contributed by atoms with E-state index in [1.165, 1.54) is 18.3 Å². The quantitative estimate of drug-likeness (QED) is 0.465. The molecule has 0 aliphatic rings. The van der Waals surface area contributed by atoms with Crippen molar-refractivity contribution in [2.24, 2.45) is 0 Å². The number of nitrogens with zero attached hydrogens (tertiary/aromatic N) is 4.